The van der Waals surface area contributed by atoms with Gasteiger partial charge in [-0.25, -0.2) is 13.4 Å². The number of pyridine rings is 1. The molecular weight excluding hydrogens is 354 g/mol. The first-order valence-corrected chi connectivity index (χ1v) is 10.4. The fourth-order valence-corrected chi connectivity index (χ4v) is 4.10. The molecule has 0 atom stereocenters. The topological polar surface area (TPSA) is 92.5 Å². The van der Waals surface area contributed by atoms with Gasteiger partial charge in [-0.2, -0.15) is 0 Å². The van der Waals surface area contributed by atoms with Gasteiger partial charge in [-0.15, -0.1) is 0 Å². The molecule has 0 aromatic carbocycles. The lowest BCUT2D eigenvalue weighted by Crippen LogP contribution is -2.45. The highest BCUT2D eigenvalue weighted by molar-refractivity contribution is 7.90. The van der Waals surface area contributed by atoms with Crippen molar-refractivity contribution in [2.24, 2.45) is 0 Å². The van der Waals surface area contributed by atoms with E-state index in [0.29, 0.717) is 36.0 Å². The number of piperidine rings is 1. The van der Waals surface area contributed by atoms with Crippen LogP contribution in [0.4, 0.5) is 5.82 Å². The Morgan fingerprint density at radius 1 is 1.31 bits per heavy atom. The SMILES string of the molecule is Cc1cc(C(=O)NC2CCN(c3ncccc3S(C)(=O)=O)CC2)c(C)o1. The zero-order valence-electron chi connectivity index (χ0n) is 15.2. The predicted molar refractivity (Wildman–Crippen MR) is 98.2 cm³/mol. The van der Waals surface area contributed by atoms with E-state index in [2.05, 4.69) is 10.3 Å². The van der Waals surface area contributed by atoms with E-state index in [0.717, 1.165) is 12.8 Å². The third-order valence-corrected chi connectivity index (χ3v) is 5.68. The number of aromatic nitrogens is 1. The summed E-state index contributed by atoms with van der Waals surface area (Å²) in [5.41, 5.74) is 0.564. The van der Waals surface area contributed by atoms with E-state index in [1.54, 1.807) is 31.3 Å². The Morgan fingerprint density at radius 2 is 2.00 bits per heavy atom. The van der Waals surface area contributed by atoms with Gasteiger partial charge >= 0.3 is 0 Å². The zero-order valence-corrected chi connectivity index (χ0v) is 16.0. The molecule has 1 saturated heterocycles. The molecule has 0 saturated carbocycles. The van der Waals surface area contributed by atoms with Crippen LogP contribution in [-0.2, 0) is 9.84 Å². The average Bonchev–Trinajstić information content (AvgIpc) is 2.93. The fourth-order valence-electron chi connectivity index (χ4n) is 3.26. The summed E-state index contributed by atoms with van der Waals surface area (Å²) in [6.07, 6.45) is 4.24. The lowest BCUT2D eigenvalue weighted by molar-refractivity contribution is 0.0929. The monoisotopic (exact) mass is 377 g/mol. The van der Waals surface area contributed by atoms with Gasteiger partial charge < -0.3 is 14.6 Å². The third kappa shape index (κ3) is 3.90. The molecule has 1 amide bonds. The van der Waals surface area contributed by atoms with Gasteiger partial charge in [-0.1, -0.05) is 0 Å². The molecule has 140 valence electrons. The van der Waals surface area contributed by atoms with Crippen molar-refractivity contribution in [2.45, 2.75) is 37.6 Å². The number of nitrogens with zero attached hydrogens (tertiary/aromatic N) is 2. The maximum absolute atomic E-state index is 12.4. The van der Waals surface area contributed by atoms with Crippen molar-refractivity contribution in [3.05, 3.63) is 41.5 Å². The molecule has 0 aliphatic carbocycles. The van der Waals surface area contributed by atoms with Gasteiger partial charge in [0.15, 0.2) is 9.84 Å². The Bertz CT molecular complexity index is 912. The molecule has 8 heteroatoms. The third-order valence-electron chi connectivity index (χ3n) is 4.57. The smallest absolute Gasteiger partial charge is 0.255 e. The number of anilines is 1. The largest absolute Gasteiger partial charge is 0.466 e. The zero-order chi connectivity index (χ0) is 18.9. The number of aryl methyl sites for hydroxylation is 2. The van der Waals surface area contributed by atoms with E-state index in [1.165, 1.54) is 6.26 Å². The molecule has 3 heterocycles. The molecule has 1 fully saturated rings. The van der Waals surface area contributed by atoms with Gasteiger partial charge in [-0.05, 0) is 44.9 Å². The second kappa shape index (κ2) is 7.11. The van der Waals surface area contributed by atoms with Crippen molar-refractivity contribution < 1.29 is 17.6 Å². The first-order chi connectivity index (χ1) is 12.3. The van der Waals surface area contributed by atoms with Crippen LogP contribution in [0.1, 0.15) is 34.7 Å². The van der Waals surface area contributed by atoms with Crippen LogP contribution in [0.15, 0.2) is 33.7 Å². The maximum atomic E-state index is 12.4. The molecule has 1 N–H and O–H groups in total. The first kappa shape index (κ1) is 18.4. The Balaban J connectivity index is 1.65. The van der Waals surface area contributed by atoms with E-state index in [9.17, 15) is 13.2 Å². The van der Waals surface area contributed by atoms with Gasteiger partial charge in [0.2, 0.25) is 0 Å². The van der Waals surface area contributed by atoms with Gasteiger partial charge in [0.05, 0.1) is 5.56 Å². The minimum absolute atomic E-state index is 0.0405. The number of hydrogen-bond acceptors (Lipinski definition) is 6. The number of rotatable bonds is 4. The molecule has 2 aromatic heterocycles. The van der Waals surface area contributed by atoms with Crippen molar-refractivity contribution in [3.8, 4) is 0 Å². The van der Waals surface area contributed by atoms with Crippen molar-refractivity contribution in [2.75, 3.05) is 24.2 Å². The quantitative estimate of drug-likeness (QED) is 0.877. The fraction of sp³-hybridized carbons (Fsp3) is 0.444. The molecule has 1 aliphatic rings. The predicted octanol–water partition coefficient (Wildman–Crippen LogP) is 2.09. The number of carbonyl (C=O) groups is 1. The standard InChI is InChI=1S/C18H23N3O4S/c1-12-11-15(13(2)25-12)18(22)20-14-6-9-21(10-7-14)17-16(26(3,23)24)5-4-8-19-17/h4-5,8,11,14H,6-7,9-10H2,1-3H3,(H,20,22). The van der Waals surface area contributed by atoms with Crippen LogP contribution in [0.3, 0.4) is 0 Å². The summed E-state index contributed by atoms with van der Waals surface area (Å²) < 4.78 is 29.3. The van der Waals surface area contributed by atoms with Crippen molar-refractivity contribution in [1.82, 2.24) is 10.3 Å². The lowest BCUT2D eigenvalue weighted by Gasteiger charge is -2.33. The van der Waals surface area contributed by atoms with E-state index in [1.807, 2.05) is 11.8 Å². The molecule has 3 rings (SSSR count). The Kier molecular flexibility index (Phi) is 5.04. The van der Waals surface area contributed by atoms with Crippen molar-refractivity contribution >= 4 is 21.6 Å². The van der Waals surface area contributed by atoms with Crippen LogP contribution in [0.5, 0.6) is 0 Å². The Labute approximate surface area is 153 Å². The number of carbonyl (C=O) groups excluding carboxylic acids is 1. The van der Waals surface area contributed by atoms with E-state index >= 15 is 0 Å². The number of furan rings is 1. The minimum atomic E-state index is -3.34. The van der Waals surface area contributed by atoms with E-state index in [4.69, 9.17) is 4.42 Å². The first-order valence-electron chi connectivity index (χ1n) is 8.53. The second-order valence-electron chi connectivity index (χ2n) is 6.66. The van der Waals surface area contributed by atoms with Gasteiger partial charge in [0.1, 0.15) is 22.2 Å². The maximum Gasteiger partial charge on any atom is 0.255 e. The molecule has 0 radical (unpaired) electrons. The number of amides is 1. The van der Waals surface area contributed by atoms with Crippen molar-refractivity contribution in [3.63, 3.8) is 0 Å². The van der Waals surface area contributed by atoms with Crippen LogP contribution in [-0.4, -0.2) is 44.7 Å². The highest BCUT2D eigenvalue weighted by Gasteiger charge is 2.26. The summed E-state index contributed by atoms with van der Waals surface area (Å²) in [5.74, 6) is 1.68. The van der Waals surface area contributed by atoms with Gasteiger partial charge in [0, 0.05) is 31.6 Å². The minimum Gasteiger partial charge on any atom is -0.466 e. The molecule has 0 unspecified atom stereocenters. The summed E-state index contributed by atoms with van der Waals surface area (Å²) in [7, 11) is -3.34. The summed E-state index contributed by atoms with van der Waals surface area (Å²) >= 11 is 0. The average molecular weight is 377 g/mol. The van der Waals surface area contributed by atoms with E-state index in [-0.39, 0.29) is 16.8 Å². The summed E-state index contributed by atoms with van der Waals surface area (Å²) in [4.78, 5) is 18.9. The van der Waals surface area contributed by atoms with Gasteiger partial charge in [-0.3, -0.25) is 4.79 Å². The summed E-state index contributed by atoms with van der Waals surface area (Å²) in [5, 5.41) is 3.04. The molecule has 26 heavy (non-hydrogen) atoms. The highest BCUT2D eigenvalue weighted by Crippen LogP contribution is 2.25. The Hall–Kier alpha value is -2.35. The molecule has 0 spiro atoms. The molecule has 7 nitrogen and oxygen atoms in total. The molecule has 1 aliphatic heterocycles. The van der Waals surface area contributed by atoms with Gasteiger partial charge in [0.25, 0.3) is 5.91 Å². The van der Waals surface area contributed by atoms with Crippen LogP contribution < -0.4 is 10.2 Å². The summed E-state index contributed by atoms with van der Waals surface area (Å²) in [6.45, 7) is 4.86. The number of hydrogen-bond donors (Lipinski definition) is 1. The number of nitrogens with one attached hydrogen (secondary N) is 1. The lowest BCUT2D eigenvalue weighted by atomic mass is 10.0. The van der Waals surface area contributed by atoms with Crippen LogP contribution in [0.25, 0.3) is 0 Å². The van der Waals surface area contributed by atoms with Crippen molar-refractivity contribution in [1.29, 1.82) is 0 Å². The highest BCUT2D eigenvalue weighted by atomic mass is 32.2. The molecular formula is C18H23N3O4S. The van der Waals surface area contributed by atoms with Crippen LogP contribution >= 0.6 is 0 Å². The summed E-state index contributed by atoms with van der Waals surface area (Å²) in [6, 6.07) is 4.99. The second-order valence-corrected chi connectivity index (χ2v) is 8.64. The normalized spacial score (nSPS) is 15.9. The molecule has 2 aromatic rings. The Morgan fingerprint density at radius 3 is 2.58 bits per heavy atom. The number of sulfone groups is 1. The van der Waals surface area contributed by atoms with Crippen LogP contribution in [0, 0.1) is 13.8 Å². The molecule has 0 bridgehead atoms. The van der Waals surface area contributed by atoms with E-state index < -0.39 is 9.84 Å². The van der Waals surface area contributed by atoms with Crippen LogP contribution in [0.2, 0.25) is 0 Å².